The Morgan fingerprint density at radius 1 is 1.21 bits per heavy atom. The van der Waals surface area contributed by atoms with Gasteiger partial charge < -0.3 is 9.80 Å². The lowest BCUT2D eigenvalue weighted by Crippen LogP contribution is -2.40. The van der Waals surface area contributed by atoms with E-state index >= 15 is 0 Å². The Morgan fingerprint density at radius 2 is 2.00 bits per heavy atom. The molecule has 0 N–H and O–H groups in total. The topological polar surface area (TPSA) is 23.6 Å². The number of fused-ring (bicyclic) bond motifs is 1. The molecule has 1 aliphatic rings. The van der Waals surface area contributed by atoms with Gasteiger partial charge in [-0.15, -0.1) is 0 Å². The fraction of sp³-hybridized carbons (Fsp3) is 0.316. The van der Waals surface area contributed by atoms with Gasteiger partial charge in [0.25, 0.3) is 0 Å². The van der Waals surface area contributed by atoms with Crippen LogP contribution in [0, 0.1) is 11.6 Å². The van der Waals surface area contributed by atoms with Crippen LogP contribution in [0.4, 0.5) is 14.5 Å². The highest BCUT2D eigenvalue weighted by atomic mass is 19.1. The minimum absolute atomic E-state index is 0.0876. The summed E-state index contributed by atoms with van der Waals surface area (Å²) in [5.74, 6) is -0.648. The molecule has 1 aliphatic heterocycles. The molecule has 2 aromatic rings. The van der Waals surface area contributed by atoms with Gasteiger partial charge in [-0.3, -0.25) is 4.79 Å². The van der Waals surface area contributed by atoms with Gasteiger partial charge in [0.05, 0.1) is 6.54 Å². The smallest absolute Gasteiger partial charge is 0.242 e. The van der Waals surface area contributed by atoms with Gasteiger partial charge in [0.2, 0.25) is 5.91 Å². The van der Waals surface area contributed by atoms with Crippen molar-refractivity contribution in [3.05, 3.63) is 65.2 Å². The minimum Gasteiger partial charge on any atom is -0.362 e. The first kappa shape index (κ1) is 16.4. The zero-order chi connectivity index (χ0) is 17.1. The minimum atomic E-state index is -0.309. The summed E-state index contributed by atoms with van der Waals surface area (Å²) in [6.45, 7) is 1.21. The van der Waals surface area contributed by atoms with Crippen LogP contribution in [0.5, 0.6) is 0 Å². The van der Waals surface area contributed by atoms with Crippen molar-refractivity contribution in [1.29, 1.82) is 0 Å². The van der Waals surface area contributed by atoms with Crippen molar-refractivity contribution in [2.24, 2.45) is 0 Å². The zero-order valence-corrected chi connectivity index (χ0v) is 13.6. The van der Waals surface area contributed by atoms with E-state index in [0.717, 1.165) is 30.6 Å². The third-order valence-corrected chi connectivity index (χ3v) is 4.37. The van der Waals surface area contributed by atoms with Crippen molar-refractivity contribution >= 4 is 11.6 Å². The Hall–Kier alpha value is -2.43. The highest BCUT2D eigenvalue weighted by molar-refractivity contribution is 5.81. The molecule has 0 bridgehead atoms. The van der Waals surface area contributed by atoms with Crippen LogP contribution in [0.1, 0.15) is 17.5 Å². The number of nitrogens with zero attached hydrogens (tertiary/aromatic N) is 2. The number of hydrogen-bond donors (Lipinski definition) is 0. The maximum atomic E-state index is 13.7. The number of halogens is 2. The highest BCUT2D eigenvalue weighted by Crippen LogP contribution is 2.27. The molecule has 3 nitrogen and oxygen atoms in total. The lowest BCUT2D eigenvalue weighted by atomic mass is 10.0. The van der Waals surface area contributed by atoms with Crippen molar-refractivity contribution in [2.45, 2.75) is 19.4 Å². The first-order chi connectivity index (χ1) is 11.5. The third kappa shape index (κ3) is 3.55. The molecule has 3 rings (SSSR count). The quantitative estimate of drug-likeness (QED) is 0.858. The molecular formula is C19H20F2N2O. The van der Waals surface area contributed by atoms with E-state index in [1.54, 1.807) is 31.3 Å². The standard InChI is InChI=1S/C19H20F2N2O/c1-22(12-15-5-2-3-7-17(15)21)19(24)13-23-10-4-6-14-11-16(20)8-9-18(14)23/h2-3,5,7-9,11H,4,6,10,12-13H2,1H3. The van der Waals surface area contributed by atoms with Gasteiger partial charge in [-0.05, 0) is 42.7 Å². The van der Waals surface area contributed by atoms with Crippen molar-refractivity contribution in [3.8, 4) is 0 Å². The van der Waals surface area contributed by atoms with Crippen LogP contribution in [-0.4, -0.2) is 30.9 Å². The van der Waals surface area contributed by atoms with Gasteiger partial charge in [0, 0.05) is 31.4 Å². The average Bonchev–Trinajstić information content (AvgIpc) is 2.56. The van der Waals surface area contributed by atoms with E-state index in [4.69, 9.17) is 0 Å². The molecule has 24 heavy (non-hydrogen) atoms. The number of hydrogen-bond acceptors (Lipinski definition) is 2. The number of benzene rings is 2. The fourth-order valence-corrected chi connectivity index (χ4v) is 3.06. The molecule has 1 heterocycles. The maximum absolute atomic E-state index is 13.7. The Labute approximate surface area is 140 Å². The summed E-state index contributed by atoms with van der Waals surface area (Å²) >= 11 is 0. The number of amides is 1. The first-order valence-corrected chi connectivity index (χ1v) is 8.05. The summed E-state index contributed by atoms with van der Waals surface area (Å²) in [5.41, 5.74) is 2.34. The Morgan fingerprint density at radius 3 is 2.79 bits per heavy atom. The van der Waals surface area contributed by atoms with E-state index in [9.17, 15) is 13.6 Å². The molecule has 0 unspecified atom stereocenters. The lowest BCUT2D eigenvalue weighted by molar-refractivity contribution is -0.129. The van der Waals surface area contributed by atoms with Gasteiger partial charge in [0.1, 0.15) is 11.6 Å². The van der Waals surface area contributed by atoms with E-state index in [0.29, 0.717) is 5.56 Å². The number of anilines is 1. The lowest BCUT2D eigenvalue weighted by Gasteiger charge is -2.32. The Kier molecular flexibility index (Phi) is 4.79. The molecule has 2 aromatic carbocycles. The summed E-state index contributed by atoms with van der Waals surface area (Å²) in [5, 5.41) is 0. The molecule has 0 saturated heterocycles. The van der Waals surface area contributed by atoms with Crippen LogP contribution in [0.3, 0.4) is 0 Å². The number of carbonyl (C=O) groups is 1. The van der Waals surface area contributed by atoms with E-state index in [1.807, 2.05) is 4.90 Å². The van der Waals surface area contributed by atoms with Gasteiger partial charge in [-0.25, -0.2) is 8.78 Å². The molecular weight excluding hydrogens is 310 g/mol. The molecule has 1 amide bonds. The van der Waals surface area contributed by atoms with Crippen LogP contribution in [0.15, 0.2) is 42.5 Å². The molecule has 0 atom stereocenters. The van der Waals surface area contributed by atoms with E-state index in [-0.39, 0.29) is 30.6 Å². The third-order valence-electron chi connectivity index (χ3n) is 4.37. The molecule has 0 saturated carbocycles. The maximum Gasteiger partial charge on any atom is 0.242 e. The largest absolute Gasteiger partial charge is 0.362 e. The molecule has 0 spiro atoms. The highest BCUT2D eigenvalue weighted by Gasteiger charge is 2.21. The van der Waals surface area contributed by atoms with E-state index in [2.05, 4.69) is 0 Å². The van der Waals surface area contributed by atoms with Crippen molar-refractivity contribution in [1.82, 2.24) is 4.90 Å². The van der Waals surface area contributed by atoms with Crippen LogP contribution in [0.25, 0.3) is 0 Å². The monoisotopic (exact) mass is 330 g/mol. The van der Waals surface area contributed by atoms with Crippen LogP contribution in [0.2, 0.25) is 0 Å². The summed E-state index contributed by atoms with van der Waals surface area (Å²) in [7, 11) is 1.67. The first-order valence-electron chi connectivity index (χ1n) is 8.05. The van der Waals surface area contributed by atoms with E-state index in [1.165, 1.54) is 23.1 Å². The van der Waals surface area contributed by atoms with Crippen LogP contribution >= 0.6 is 0 Å². The van der Waals surface area contributed by atoms with Gasteiger partial charge in [-0.2, -0.15) is 0 Å². The predicted molar refractivity (Wildman–Crippen MR) is 89.8 cm³/mol. The fourth-order valence-electron chi connectivity index (χ4n) is 3.06. The van der Waals surface area contributed by atoms with Gasteiger partial charge >= 0.3 is 0 Å². The number of aryl methyl sites for hydroxylation is 1. The molecule has 0 aliphatic carbocycles. The zero-order valence-electron chi connectivity index (χ0n) is 13.6. The second-order valence-electron chi connectivity index (χ2n) is 6.14. The second kappa shape index (κ2) is 6.99. The summed E-state index contributed by atoms with van der Waals surface area (Å²) in [6.07, 6.45) is 1.71. The summed E-state index contributed by atoms with van der Waals surface area (Å²) in [6, 6.07) is 11.1. The summed E-state index contributed by atoms with van der Waals surface area (Å²) < 4.78 is 27.1. The van der Waals surface area contributed by atoms with Crippen molar-refractivity contribution < 1.29 is 13.6 Å². The van der Waals surface area contributed by atoms with Crippen molar-refractivity contribution in [3.63, 3.8) is 0 Å². The number of carbonyl (C=O) groups excluding carboxylic acids is 1. The van der Waals surface area contributed by atoms with Crippen LogP contribution in [-0.2, 0) is 17.8 Å². The number of likely N-dealkylation sites (N-methyl/N-ethyl adjacent to an activating group) is 1. The molecule has 126 valence electrons. The molecule has 0 radical (unpaired) electrons. The summed E-state index contributed by atoms with van der Waals surface area (Å²) in [4.78, 5) is 16.0. The van der Waals surface area contributed by atoms with Crippen molar-refractivity contribution in [2.75, 3.05) is 25.0 Å². The van der Waals surface area contributed by atoms with Gasteiger partial charge in [0.15, 0.2) is 0 Å². The average molecular weight is 330 g/mol. The predicted octanol–water partition coefficient (Wildman–Crippen LogP) is 3.38. The number of rotatable bonds is 4. The molecule has 0 fully saturated rings. The molecule has 0 aromatic heterocycles. The van der Waals surface area contributed by atoms with Crippen LogP contribution < -0.4 is 4.90 Å². The molecule has 5 heteroatoms. The Bertz CT molecular complexity index is 748. The Balaban J connectivity index is 1.68. The second-order valence-corrected chi connectivity index (χ2v) is 6.14. The van der Waals surface area contributed by atoms with Gasteiger partial charge in [-0.1, -0.05) is 18.2 Å². The van der Waals surface area contributed by atoms with E-state index < -0.39 is 0 Å². The normalized spacial score (nSPS) is 13.5. The SMILES string of the molecule is CN(Cc1ccccc1F)C(=O)CN1CCCc2cc(F)ccc21.